The van der Waals surface area contributed by atoms with Gasteiger partial charge in [0.05, 0.1) is 0 Å². The fourth-order valence-corrected chi connectivity index (χ4v) is 3.56. The zero-order valence-electron chi connectivity index (χ0n) is 15.1. The van der Waals surface area contributed by atoms with Crippen molar-refractivity contribution < 1.29 is 4.79 Å². The average Bonchev–Trinajstić information content (AvgIpc) is 2.67. The van der Waals surface area contributed by atoms with Gasteiger partial charge < -0.3 is 14.7 Å². The molecule has 24 heavy (non-hydrogen) atoms. The van der Waals surface area contributed by atoms with E-state index in [1.165, 1.54) is 6.42 Å². The summed E-state index contributed by atoms with van der Waals surface area (Å²) in [6.07, 6.45) is 5.90. The maximum Gasteiger partial charge on any atom is 0.225 e. The Kier molecular flexibility index (Phi) is 5.33. The molecule has 2 heterocycles. The van der Waals surface area contributed by atoms with Gasteiger partial charge in [0.1, 0.15) is 12.1 Å². The molecular weight excluding hydrogens is 302 g/mol. The first-order valence-electron chi connectivity index (χ1n) is 8.98. The molecule has 1 saturated carbocycles. The summed E-state index contributed by atoms with van der Waals surface area (Å²) in [5, 5.41) is 0. The Bertz CT molecular complexity index is 572. The van der Waals surface area contributed by atoms with Gasteiger partial charge in [0, 0.05) is 58.0 Å². The van der Waals surface area contributed by atoms with E-state index < -0.39 is 0 Å². The zero-order chi connectivity index (χ0) is 17.1. The summed E-state index contributed by atoms with van der Waals surface area (Å²) in [6.45, 7) is 3.67. The summed E-state index contributed by atoms with van der Waals surface area (Å²) in [4.78, 5) is 27.8. The first-order chi connectivity index (χ1) is 11.5. The average molecular weight is 331 g/mol. The van der Waals surface area contributed by atoms with Gasteiger partial charge >= 0.3 is 0 Å². The van der Waals surface area contributed by atoms with Crippen molar-refractivity contribution in [2.75, 3.05) is 52.2 Å². The summed E-state index contributed by atoms with van der Waals surface area (Å²) >= 11 is 0. The van der Waals surface area contributed by atoms with Crippen molar-refractivity contribution in [1.82, 2.24) is 19.8 Å². The Balaban J connectivity index is 1.68. The van der Waals surface area contributed by atoms with Gasteiger partial charge in [-0.3, -0.25) is 4.79 Å². The van der Waals surface area contributed by atoms with Crippen LogP contribution in [0.5, 0.6) is 0 Å². The van der Waals surface area contributed by atoms with Crippen molar-refractivity contribution in [3.8, 4) is 0 Å². The minimum absolute atomic E-state index is 0.286. The molecule has 0 N–H and O–H groups in total. The van der Waals surface area contributed by atoms with Crippen LogP contribution in [0.25, 0.3) is 0 Å². The monoisotopic (exact) mass is 331 g/mol. The third-order valence-electron chi connectivity index (χ3n) is 5.23. The Morgan fingerprint density at radius 3 is 2.71 bits per heavy atom. The molecule has 0 aromatic carbocycles. The van der Waals surface area contributed by atoms with Gasteiger partial charge in [-0.05, 0) is 32.2 Å². The molecule has 2 fully saturated rings. The number of amides is 1. The van der Waals surface area contributed by atoms with Crippen molar-refractivity contribution in [3.63, 3.8) is 0 Å². The Morgan fingerprint density at radius 1 is 1.25 bits per heavy atom. The first kappa shape index (κ1) is 17.1. The van der Waals surface area contributed by atoms with Gasteiger partial charge in [0.2, 0.25) is 5.91 Å². The lowest BCUT2D eigenvalue weighted by Crippen LogP contribution is -2.42. The maximum absolute atomic E-state index is 12.7. The predicted molar refractivity (Wildman–Crippen MR) is 95.0 cm³/mol. The largest absolute Gasteiger partial charge is 0.363 e. The second kappa shape index (κ2) is 7.47. The molecule has 0 unspecified atom stereocenters. The zero-order valence-corrected chi connectivity index (χ0v) is 15.1. The molecule has 1 aliphatic heterocycles. The van der Waals surface area contributed by atoms with Crippen molar-refractivity contribution in [2.24, 2.45) is 11.8 Å². The quantitative estimate of drug-likeness (QED) is 0.832. The highest BCUT2D eigenvalue weighted by Crippen LogP contribution is 2.29. The summed E-state index contributed by atoms with van der Waals surface area (Å²) < 4.78 is 0. The first-order valence-corrected chi connectivity index (χ1v) is 8.98. The Hall–Kier alpha value is -1.69. The van der Waals surface area contributed by atoms with Crippen LogP contribution in [0.1, 0.15) is 25.0 Å². The van der Waals surface area contributed by atoms with E-state index in [0.717, 1.165) is 57.0 Å². The lowest BCUT2D eigenvalue weighted by atomic mass is 9.84. The number of carbonyl (C=O) groups is 1. The molecule has 1 aromatic rings. The van der Waals surface area contributed by atoms with Crippen LogP contribution in [0.4, 0.5) is 5.82 Å². The van der Waals surface area contributed by atoms with E-state index in [1.807, 2.05) is 19.0 Å². The van der Waals surface area contributed by atoms with Crippen LogP contribution in [-0.4, -0.2) is 73.0 Å². The van der Waals surface area contributed by atoms with Crippen LogP contribution in [0.15, 0.2) is 12.4 Å². The van der Waals surface area contributed by atoms with E-state index in [2.05, 4.69) is 32.9 Å². The van der Waals surface area contributed by atoms with E-state index in [1.54, 1.807) is 6.33 Å². The molecule has 1 aliphatic carbocycles. The standard InChI is InChI=1S/C18H29N5O/c1-21(2)17-10-16(19-13-20-17)9-14-11-22(3)7-8-23(12-14)18(24)15-5-4-6-15/h10,13-15H,4-9,11-12H2,1-3H3/t14-/m0/s1. The third-order valence-corrected chi connectivity index (χ3v) is 5.23. The SMILES string of the molecule is CN1CCN(C(=O)C2CCC2)C[C@@H](Cc2cc(N(C)C)ncn2)C1. The second-order valence-electron chi connectivity index (χ2n) is 7.51. The molecule has 1 amide bonds. The molecule has 3 rings (SSSR count). The summed E-state index contributed by atoms with van der Waals surface area (Å²) in [7, 11) is 6.13. The number of nitrogens with zero attached hydrogens (tertiary/aromatic N) is 5. The van der Waals surface area contributed by atoms with Gasteiger partial charge in [0.25, 0.3) is 0 Å². The number of anilines is 1. The number of hydrogen-bond acceptors (Lipinski definition) is 5. The molecule has 0 radical (unpaired) electrons. The second-order valence-corrected chi connectivity index (χ2v) is 7.51. The van der Waals surface area contributed by atoms with Crippen LogP contribution < -0.4 is 4.90 Å². The van der Waals surface area contributed by atoms with Gasteiger partial charge in [0.15, 0.2) is 0 Å². The topological polar surface area (TPSA) is 52.6 Å². The fraction of sp³-hybridized carbons (Fsp3) is 0.722. The van der Waals surface area contributed by atoms with Crippen LogP contribution >= 0.6 is 0 Å². The van der Waals surface area contributed by atoms with E-state index in [-0.39, 0.29) is 5.92 Å². The molecule has 132 valence electrons. The lowest BCUT2D eigenvalue weighted by Gasteiger charge is -2.32. The number of aromatic nitrogens is 2. The normalized spacial score (nSPS) is 22.8. The van der Waals surface area contributed by atoms with E-state index in [0.29, 0.717) is 11.8 Å². The number of likely N-dealkylation sites (N-methyl/N-ethyl adjacent to an activating group) is 1. The van der Waals surface area contributed by atoms with Gasteiger partial charge in [-0.1, -0.05) is 6.42 Å². The molecule has 1 atom stereocenters. The Morgan fingerprint density at radius 2 is 2.04 bits per heavy atom. The predicted octanol–water partition coefficient (Wildman–Crippen LogP) is 1.28. The van der Waals surface area contributed by atoms with Crippen LogP contribution in [0, 0.1) is 11.8 Å². The molecule has 0 bridgehead atoms. The van der Waals surface area contributed by atoms with Gasteiger partial charge in [-0.15, -0.1) is 0 Å². The molecule has 0 spiro atoms. The molecular formula is C18H29N5O. The summed E-state index contributed by atoms with van der Waals surface area (Å²) in [5.41, 5.74) is 1.06. The van der Waals surface area contributed by atoms with Gasteiger partial charge in [-0.25, -0.2) is 9.97 Å². The summed E-state index contributed by atoms with van der Waals surface area (Å²) in [5.74, 6) is 2.02. The van der Waals surface area contributed by atoms with Crippen LogP contribution in [0.2, 0.25) is 0 Å². The van der Waals surface area contributed by atoms with Crippen LogP contribution in [-0.2, 0) is 11.2 Å². The number of rotatable bonds is 4. The minimum atomic E-state index is 0.286. The van der Waals surface area contributed by atoms with Crippen LogP contribution in [0.3, 0.4) is 0 Å². The highest BCUT2D eigenvalue weighted by atomic mass is 16.2. The third kappa shape index (κ3) is 4.04. The smallest absolute Gasteiger partial charge is 0.225 e. The van der Waals surface area contributed by atoms with Crippen molar-refractivity contribution >= 4 is 11.7 Å². The molecule has 1 aromatic heterocycles. The van der Waals surface area contributed by atoms with E-state index in [9.17, 15) is 4.79 Å². The van der Waals surface area contributed by atoms with Crippen molar-refractivity contribution in [2.45, 2.75) is 25.7 Å². The number of carbonyl (C=O) groups excluding carboxylic acids is 1. The van der Waals surface area contributed by atoms with Crippen molar-refractivity contribution in [1.29, 1.82) is 0 Å². The molecule has 6 nitrogen and oxygen atoms in total. The molecule has 6 heteroatoms. The lowest BCUT2D eigenvalue weighted by molar-refractivity contribution is -0.138. The summed E-state index contributed by atoms with van der Waals surface area (Å²) in [6, 6.07) is 2.06. The van der Waals surface area contributed by atoms with E-state index in [4.69, 9.17) is 0 Å². The number of hydrogen-bond donors (Lipinski definition) is 0. The maximum atomic E-state index is 12.7. The van der Waals surface area contributed by atoms with E-state index >= 15 is 0 Å². The fourth-order valence-electron chi connectivity index (χ4n) is 3.56. The highest BCUT2D eigenvalue weighted by Gasteiger charge is 2.32. The molecule has 1 saturated heterocycles. The van der Waals surface area contributed by atoms with Gasteiger partial charge in [-0.2, -0.15) is 0 Å². The van der Waals surface area contributed by atoms with Crippen molar-refractivity contribution in [3.05, 3.63) is 18.1 Å². The Labute approximate surface area is 144 Å². The minimum Gasteiger partial charge on any atom is -0.363 e. The highest BCUT2D eigenvalue weighted by molar-refractivity contribution is 5.79. The molecule has 2 aliphatic rings.